The smallest absolute Gasteiger partial charge is 0.293 e. The number of rotatable bonds is 13. The van der Waals surface area contributed by atoms with Gasteiger partial charge in [-0.1, -0.05) is 32.0 Å². The van der Waals surface area contributed by atoms with Gasteiger partial charge in [-0.05, 0) is 93.8 Å². The van der Waals surface area contributed by atoms with Crippen molar-refractivity contribution in [3.05, 3.63) is 88.5 Å². The second kappa shape index (κ2) is 14.4. The fraction of sp³-hybridized carbons (Fsp3) is 0.406. The molecule has 1 atom stereocenters. The maximum Gasteiger partial charge on any atom is 0.293 e. The monoisotopic (exact) mass is 638 g/mol. The summed E-state index contributed by atoms with van der Waals surface area (Å²) in [6, 6.07) is 21.0. The molecule has 0 amide bonds. The van der Waals surface area contributed by atoms with E-state index in [9.17, 15) is 18.5 Å². The lowest BCUT2D eigenvalue weighted by molar-refractivity contribution is -0.384. The predicted molar refractivity (Wildman–Crippen MR) is 180 cm³/mol. The number of nitrogens with one attached hydrogen (secondary N) is 1. The standard InChI is InChI=1S/C32H42N6O4S2/c1-32(2)17-20-37(21-18-32)26-12-10-24(11-13-26)31(33)35-44(41,42)28-14-15-29(30(22-28)38(39)40)34-25(16-19-36(3)4)23-43-27-8-6-5-7-9-27/h5-15,22,25,34H,16-21,23H2,1-4H3,(H2,33,35)/t25-/m1/s1. The number of nitro groups is 1. The highest BCUT2D eigenvalue weighted by atomic mass is 32.2. The maximum atomic E-state index is 13.2. The predicted octanol–water partition coefficient (Wildman–Crippen LogP) is 5.84. The normalized spacial score (nSPS) is 16.1. The van der Waals surface area contributed by atoms with E-state index in [4.69, 9.17) is 5.73 Å². The summed E-state index contributed by atoms with van der Waals surface area (Å²) in [5.41, 5.74) is 7.87. The molecule has 0 saturated carbocycles. The van der Waals surface area contributed by atoms with Crippen molar-refractivity contribution < 1.29 is 13.3 Å². The quantitative estimate of drug-likeness (QED) is 0.0779. The third kappa shape index (κ3) is 9.20. The Morgan fingerprint density at radius 1 is 1.09 bits per heavy atom. The highest BCUT2D eigenvalue weighted by molar-refractivity contribution is 7.99. The molecule has 4 rings (SSSR count). The minimum atomic E-state index is -4.31. The molecule has 1 aliphatic rings. The van der Waals surface area contributed by atoms with Crippen LogP contribution in [-0.4, -0.2) is 69.6 Å². The molecule has 0 spiro atoms. The Kier molecular flexibility index (Phi) is 10.9. The summed E-state index contributed by atoms with van der Waals surface area (Å²) >= 11 is 1.65. The molecule has 1 aliphatic heterocycles. The summed E-state index contributed by atoms with van der Waals surface area (Å²) in [5, 5.41) is 15.4. The number of piperidine rings is 1. The van der Waals surface area contributed by atoms with Gasteiger partial charge in [0.2, 0.25) is 0 Å². The topological polar surface area (TPSA) is 134 Å². The van der Waals surface area contributed by atoms with Gasteiger partial charge in [-0.15, -0.1) is 16.2 Å². The number of anilines is 2. The van der Waals surface area contributed by atoms with Crippen LogP contribution in [0.3, 0.4) is 0 Å². The molecular formula is C32H42N6O4S2. The van der Waals surface area contributed by atoms with Crippen molar-refractivity contribution in [3.63, 3.8) is 0 Å². The molecule has 3 aromatic carbocycles. The highest BCUT2D eigenvalue weighted by Crippen LogP contribution is 2.33. The Morgan fingerprint density at radius 2 is 1.75 bits per heavy atom. The summed E-state index contributed by atoms with van der Waals surface area (Å²) in [6.45, 7) is 7.24. The Hall–Kier alpha value is -3.61. The molecule has 0 unspecified atom stereocenters. The lowest BCUT2D eigenvalue weighted by atomic mass is 9.82. The largest absolute Gasteiger partial charge is 0.383 e. The summed E-state index contributed by atoms with van der Waals surface area (Å²) in [7, 11) is -0.367. The number of hydrogen-bond donors (Lipinski definition) is 2. The van der Waals surface area contributed by atoms with E-state index in [-0.39, 0.29) is 28.1 Å². The van der Waals surface area contributed by atoms with Crippen molar-refractivity contribution in [2.45, 2.75) is 48.9 Å². The van der Waals surface area contributed by atoms with Crippen molar-refractivity contribution in [3.8, 4) is 0 Å². The summed E-state index contributed by atoms with van der Waals surface area (Å²) < 4.78 is 30.2. The number of nitrogens with two attached hydrogens (primary N) is 1. The van der Waals surface area contributed by atoms with Gasteiger partial charge in [0.25, 0.3) is 15.7 Å². The third-order valence-corrected chi connectivity index (χ3v) is 10.3. The molecule has 12 heteroatoms. The molecule has 1 fully saturated rings. The van der Waals surface area contributed by atoms with Crippen molar-refractivity contribution in [1.29, 1.82) is 0 Å². The fourth-order valence-corrected chi connectivity index (χ4v) is 6.90. The van der Waals surface area contributed by atoms with Gasteiger partial charge in [-0.25, -0.2) is 0 Å². The van der Waals surface area contributed by atoms with E-state index in [1.807, 2.05) is 56.6 Å². The minimum Gasteiger partial charge on any atom is -0.383 e. The Bertz CT molecular complexity index is 1550. The zero-order chi connectivity index (χ0) is 31.9. The van der Waals surface area contributed by atoms with E-state index in [2.05, 4.69) is 33.4 Å². The first kappa shape index (κ1) is 33.3. The van der Waals surface area contributed by atoms with Crippen LogP contribution in [0.4, 0.5) is 17.1 Å². The number of nitrogens with zero attached hydrogens (tertiary/aromatic N) is 4. The molecule has 236 valence electrons. The first-order valence-corrected chi connectivity index (χ1v) is 17.1. The maximum absolute atomic E-state index is 13.2. The molecule has 0 bridgehead atoms. The number of thioether (sulfide) groups is 1. The van der Waals surface area contributed by atoms with Gasteiger partial charge in [0.05, 0.1) is 9.82 Å². The van der Waals surface area contributed by atoms with Gasteiger partial charge >= 0.3 is 0 Å². The number of hydrogen-bond acceptors (Lipinski definition) is 8. The SMILES string of the molecule is CN(C)CC[C@H](CSc1ccccc1)Nc1ccc(S(=O)(=O)N=C(N)c2ccc(N3CCC(C)(C)CC3)cc2)cc1[N+](=O)[O-]. The zero-order valence-corrected chi connectivity index (χ0v) is 27.4. The first-order chi connectivity index (χ1) is 20.8. The molecule has 1 saturated heterocycles. The molecule has 0 aliphatic carbocycles. The van der Waals surface area contributed by atoms with E-state index < -0.39 is 14.9 Å². The van der Waals surface area contributed by atoms with Crippen molar-refractivity contribution in [2.75, 3.05) is 49.7 Å². The van der Waals surface area contributed by atoms with Crippen LogP contribution in [0, 0.1) is 15.5 Å². The molecule has 0 radical (unpaired) electrons. The number of benzene rings is 3. The van der Waals surface area contributed by atoms with Crippen LogP contribution >= 0.6 is 11.8 Å². The molecule has 44 heavy (non-hydrogen) atoms. The van der Waals surface area contributed by atoms with Crippen molar-refractivity contribution in [1.82, 2.24) is 4.90 Å². The molecule has 10 nitrogen and oxygen atoms in total. The summed E-state index contributed by atoms with van der Waals surface area (Å²) in [5.74, 6) is 0.493. The van der Waals surface area contributed by atoms with Crippen LogP contribution in [0.5, 0.6) is 0 Å². The molecular weight excluding hydrogens is 597 g/mol. The van der Waals surface area contributed by atoms with E-state index in [1.54, 1.807) is 23.9 Å². The molecule has 0 aromatic heterocycles. The molecule has 1 heterocycles. The average Bonchev–Trinajstić information content (AvgIpc) is 2.98. The van der Waals surface area contributed by atoms with E-state index in [1.165, 1.54) is 12.1 Å². The van der Waals surface area contributed by atoms with Gasteiger partial charge in [-0.3, -0.25) is 10.1 Å². The number of sulfonamides is 1. The van der Waals surface area contributed by atoms with Gasteiger partial charge in [0, 0.05) is 47.1 Å². The van der Waals surface area contributed by atoms with Crippen LogP contribution in [-0.2, 0) is 10.0 Å². The Labute approximate surface area is 264 Å². The van der Waals surface area contributed by atoms with Gasteiger partial charge in [0.15, 0.2) is 0 Å². The van der Waals surface area contributed by atoms with Crippen LogP contribution in [0.2, 0.25) is 0 Å². The lowest BCUT2D eigenvalue weighted by Crippen LogP contribution is -2.37. The van der Waals surface area contributed by atoms with Crippen LogP contribution in [0.1, 0.15) is 38.7 Å². The summed E-state index contributed by atoms with van der Waals surface area (Å²) in [4.78, 5) is 16.6. The van der Waals surface area contributed by atoms with E-state index >= 15 is 0 Å². The van der Waals surface area contributed by atoms with Gasteiger partial charge < -0.3 is 20.9 Å². The average molecular weight is 639 g/mol. The zero-order valence-electron chi connectivity index (χ0n) is 25.8. The number of nitro benzene ring substituents is 1. The van der Waals surface area contributed by atoms with Crippen molar-refractivity contribution >= 4 is 44.7 Å². The van der Waals surface area contributed by atoms with Crippen LogP contribution in [0.25, 0.3) is 0 Å². The van der Waals surface area contributed by atoms with E-state index in [0.717, 1.165) is 55.5 Å². The van der Waals surface area contributed by atoms with Gasteiger partial charge in [-0.2, -0.15) is 8.42 Å². The lowest BCUT2D eigenvalue weighted by Gasteiger charge is -2.38. The molecule has 3 aromatic rings. The second-order valence-electron chi connectivity index (χ2n) is 12.1. The Morgan fingerprint density at radius 3 is 2.36 bits per heavy atom. The second-order valence-corrected chi connectivity index (χ2v) is 14.8. The van der Waals surface area contributed by atoms with Crippen LogP contribution in [0.15, 0.2) is 87.0 Å². The molecule has 3 N–H and O–H groups in total. The third-order valence-electron chi connectivity index (χ3n) is 7.81. The highest BCUT2D eigenvalue weighted by Gasteiger charge is 2.26. The summed E-state index contributed by atoms with van der Waals surface area (Å²) in [6.07, 6.45) is 2.93. The minimum absolute atomic E-state index is 0.100. The van der Waals surface area contributed by atoms with Gasteiger partial charge in [0.1, 0.15) is 11.5 Å². The Balaban J connectivity index is 1.51. The van der Waals surface area contributed by atoms with Crippen molar-refractivity contribution in [2.24, 2.45) is 15.5 Å². The van der Waals surface area contributed by atoms with E-state index in [0.29, 0.717) is 16.7 Å². The first-order valence-electron chi connectivity index (χ1n) is 14.7. The van der Waals surface area contributed by atoms with Crippen LogP contribution < -0.4 is 16.0 Å². The number of amidine groups is 1. The fourth-order valence-electron chi connectivity index (χ4n) is 4.94.